The third-order valence-electron chi connectivity index (χ3n) is 2.68. The maximum absolute atomic E-state index is 5.51. The van der Waals surface area contributed by atoms with E-state index in [1.807, 2.05) is 12.1 Å². The van der Waals surface area contributed by atoms with Gasteiger partial charge in [-0.25, -0.2) is 0 Å². The van der Waals surface area contributed by atoms with Crippen LogP contribution in [0.1, 0.15) is 31.1 Å². The summed E-state index contributed by atoms with van der Waals surface area (Å²) < 4.78 is 5.51. The van der Waals surface area contributed by atoms with E-state index in [2.05, 4.69) is 44.2 Å². The van der Waals surface area contributed by atoms with Crippen LogP contribution in [-0.2, 0) is 0 Å². The Hall–Kier alpha value is -1.50. The van der Waals surface area contributed by atoms with Gasteiger partial charge in [-0.05, 0) is 23.6 Å². The van der Waals surface area contributed by atoms with E-state index in [1.165, 1.54) is 5.56 Å². The van der Waals surface area contributed by atoms with Crippen molar-refractivity contribution in [1.29, 1.82) is 0 Å². The predicted molar refractivity (Wildman–Crippen MR) is 61.8 cm³/mol. The van der Waals surface area contributed by atoms with Gasteiger partial charge in [-0.1, -0.05) is 44.2 Å². The molecule has 0 aliphatic heterocycles. The van der Waals surface area contributed by atoms with Crippen molar-refractivity contribution >= 4 is 0 Å². The lowest BCUT2D eigenvalue weighted by molar-refractivity contribution is 0.431. The standard InChI is InChI=1S/C14H16O/c1-11(2)14(13-9-6-10-15-13)12-7-4-3-5-8-12/h3-11,14H,1-2H3. The molecule has 15 heavy (non-hydrogen) atoms. The van der Waals surface area contributed by atoms with Crippen LogP contribution < -0.4 is 0 Å². The highest BCUT2D eigenvalue weighted by atomic mass is 16.3. The van der Waals surface area contributed by atoms with Crippen LogP contribution in [-0.4, -0.2) is 0 Å². The lowest BCUT2D eigenvalue weighted by Gasteiger charge is -2.18. The largest absolute Gasteiger partial charge is 0.469 e. The topological polar surface area (TPSA) is 13.1 Å². The second-order valence-corrected chi connectivity index (χ2v) is 4.15. The zero-order valence-corrected chi connectivity index (χ0v) is 9.18. The SMILES string of the molecule is CC(C)C(c1ccccc1)c1ccco1. The van der Waals surface area contributed by atoms with Crippen molar-refractivity contribution in [2.45, 2.75) is 19.8 Å². The van der Waals surface area contributed by atoms with Gasteiger partial charge in [0.25, 0.3) is 0 Å². The fourth-order valence-electron chi connectivity index (χ4n) is 2.01. The molecule has 1 heteroatoms. The van der Waals surface area contributed by atoms with Crippen LogP contribution in [0.5, 0.6) is 0 Å². The van der Waals surface area contributed by atoms with Gasteiger partial charge in [0.2, 0.25) is 0 Å². The first-order chi connectivity index (χ1) is 7.29. The average molecular weight is 200 g/mol. The van der Waals surface area contributed by atoms with Crippen LogP contribution in [0.3, 0.4) is 0 Å². The monoisotopic (exact) mass is 200 g/mol. The molecule has 0 saturated heterocycles. The first-order valence-corrected chi connectivity index (χ1v) is 5.37. The summed E-state index contributed by atoms with van der Waals surface area (Å²) in [6, 6.07) is 14.5. The molecule has 2 rings (SSSR count). The molecule has 1 nitrogen and oxygen atoms in total. The van der Waals surface area contributed by atoms with E-state index in [0.29, 0.717) is 11.8 Å². The Labute approximate surface area is 90.7 Å². The maximum Gasteiger partial charge on any atom is 0.111 e. The van der Waals surface area contributed by atoms with E-state index in [-0.39, 0.29) is 0 Å². The summed E-state index contributed by atoms with van der Waals surface area (Å²) in [5.74, 6) is 1.95. The number of rotatable bonds is 3. The molecule has 0 N–H and O–H groups in total. The Bertz CT molecular complexity index is 387. The lowest BCUT2D eigenvalue weighted by Crippen LogP contribution is -2.07. The Morgan fingerprint density at radius 3 is 2.20 bits per heavy atom. The minimum absolute atomic E-state index is 0.362. The highest BCUT2D eigenvalue weighted by Crippen LogP contribution is 2.31. The van der Waals surface area contributed by atoms with Gasteiger partial charge in [0, 0.05) is 5.92 Å². The summed E-state index contributed by atoms with van der Waals surface area (Å²) in [7, 11) is 0. The molecule has 1 aromatic heterocycles. The Kier molecular flexibility index (Phi) is 2.91. The molecule has 0 aliphatic rings. The summed E-state index contributed by atoms with van der Waals surface area (Å²) in [6.45, 7) is 4.44. The van der Waals surface area contributed by atoms with Crippen molar-refractivity contribution in [3.63, 3.8) is 0 Å². The quantitative estimate of drug-likeness (QED) is 0.728. The van der Waals surface area contributed by atoms with Crippen molar-refractivity contribution in [2.24, 2.45) is 5.92 Å². The lowest BCUT2D eigenvalue weighted by atomic mass is 9.86. The van der Waals surface area contributed by atoms with Gasteiger partial charge < -0.3 is 4.42 Å². The molecule has 0 radical (unpaired) electrons. The van der Waals surface area contributed by atoms with Crippen molar-refractivity contribution < 1.29 is 4.42 Å². The smallest absolute Gasteiger partial charge is 0.111 e. The van der Waals surface area contributed by atoms with Crippen LogP contribution in [0, 0.1) is 5.92 Å². The molecule has 1 aromatic carbocycles. The second kappa shape index (κ2) is 4.35. The van der Waals surface area contributed by atoms with Crippen molar-refractivity contribution in [3.8, 4) is 0 Å². The Morgan fingerprint density at radius 2 is 1.67 bits per heavy atom. The third kappa shape index (κ3) is 2.12. The first kappa shape index (κ1) is 10.0. The van der Waals surface area contributed by atoms with Crippen LogP contribution in [0.15, 0.2) is 53.1 Å². The Morgan fingerprint density at radius 1 is 0.933 bits per heavy atom. The molecule has 2 aromatic rings. The van der Waals surface area contributed by atoms with Crippen molar-refractivity contribution in [2.75, 3.05) is 0 Å². The van der Waals surface area contributed by atoms with Gasteiger partial charge in [0.1, 0.15) is 5.76 Å². The van der Waals surface area contributed by atoms with E-state index in [4.69, 9.17) is 4.42 Å². The second-order valence-electron chi connectivity index (χ2n) is 4.15. The molecule has 0 bridgehead atoms. The molecule has 0 aliphatic carbocycles. The number of hydrogen-bond acceptors (Lipinski definition) is 1. The highest BCUT2D eigenvalue weighted by molar-refractivity contribution is 5.27. The van der Waals surface area contributed by atoms with Crippen LogP contribution >= 0.6 is 0 Å². The molecule has 1 unspecified atom stereocenters. The van der Waals surface area contributed by atoms with Gasteiger partial charge in [-0.15, -0.1) is 0 Å². The van der Waals surface area contributed by atoms with Crippen LogP contribution in [0.25, 0.3) is 0 Å². The van der Waals surface area contributed by atoms with Crippen molar-refractivity contribution in [3.05, 3.63) is 60.1 Å². The van der Waals surface area contributed by atoms with Gasteiger partial charge >= 0.3 is 0 Å². The van der Waals surface area contributed by atoms with Crippen LogP contribution in [0.4, 0.5) is 0 Å². The van der Waals surface area contributed by atoms with E-state index in [1.54, 1.807) is 6.26 Å². The van der Waals surface area contributed by atoms with Crippen LogP contribution in [0.2, 0.25) is 0 Å². The minimum Gasteiger partial charge on any atom is -0.469 e. The molecule has 0 spiro atoms. The highest BCUT2D eigenvalue weighted by Gasteiger charge is 2.19. The predicted octanol–water partition coefficient (Wildman–Crippen LogP) is 4.07. The number of hydrogen-bond donors (Lipinski definition) is 0. The van der Waals surface area contributed by atoms with E-state index in [0.717, 1.165) is 5.76 Å². The summed E-state index contributed by atoms with van der Waals surface area (Å²) in [5, 5.41) is 0. The molecule has 0 amide bonds. The average Bonchev–Trinajstić information content (AvgIpc) is 2.72. The zero-order valence-electron chi connectivity index (χ0n) is 9.18. The summed E-state index contributed by atoms with van der Waals surface area (Å²) in [5.41, 5.74) is 1.32. The fourth-order valence-corrected chi connectivity index (χ4v) is 2.01. The van der Waals surface area contributed by atoms with E-state index < -0.39 is 0 Å². The molecule has 0 saturated carbocycles. The molecule has 1 atom stereocenters. The normalized spacial score (nSPS) is 13.0. The number of furan rings is 1. The molecule has 0 fully saturated rings. The van der Waals surface area contributed by atoms with Gasteiger partial charge in [-0.3, -0.25) is 0 Å². The fraction of sp³-hybridized carbons (Fsp3) is 0.286. The molecular formula is C14H16O. The zero-order chi connectivity index (χ0) is 10.7. The molecule has 1 heterocycles. The first-order valence-electron chi connectivity index (χ1n) is 5.37. The van der Waals surface area contributed by atoms with E-state index in [9.17, 15) is 0 Å². The summed E-state index contributed by atoms with van der Waals surface area (Å²) >= 11 is 0. The molecular weight excluding hydrogens is 184 g/mol. The number of benzene rings is 1. The summed E-state index contributed by atoms with van der Waals surface area (Å²) in [6.07, 6.45) is 1.74. The van der Waals surface area contributed by atoms with Crippen molar-refractivity contribution in [1.82, 2.24) is 0 Å². The molecule has 78 valence electrons. The van der Waals surface area contributed by atoms with Gasteiger partial charge in [0.05, 0.1) is 6.26 Å². The van der Waals surface area contributed by atoms with Gasteiger partial charge in [0.15, 0.2) is 0 Å². The maximum atomic E-state index is 5.51. The third-order valence-corrected chi connectivity index (χ3v) is 2.68. The van der Waals surface area contributed by atoms with E-state index >= 15 is 0 Å². The minimum atomic E-state index is 0.362. The Balaban J connectivity index is 2.37. The summed E-state index contributed by atoms with van der Waals surface area (Å²) in [4.78, 5) is 0. The van der Waals surface area contributed by atoms with Gasteiger partial charge in [-0.2, -0.15) is 0 Å².